The van der Waals surface area contributed by atoms with Crippen LogP contribution in [0.3, 0.4) is 0 Å². The molecule has 1 aliphatic heterocycles. The van der Waals surface area contributed by atoms with Crippen molar-refractivity contribution >= 4 is 21.7 Å². The van der Waals surface area contributed by atoms with E-state index in [0.717, 1.165) is 5.56 Å². The highest BCUT2D eigenvalue weighted by Crippen LogP contribution is 2.32. The molecule has 7 nitrogen and oxygen atoms in total. The van der Waals surface area contributed by atoms with Crippen molar-refractivity contribution in [2.75, 3.05) is 5.32 Å². The third-order valence-corrected chi connectivity index (χ3v) is 6.75. The number of benzene rings is 2. The molecule has 0 unspecified atom stereocenters. The van der Waals surface area contributed by atoms with Crippen molar-refractivity contribution in [1.82, 2.24) is 14.5 Å². The Morgan fingerprint density at radius 3 is 2.57 bits per heavy atom. The van der Waals surface area contributed by atoms with Crippen LogP contribution in [-0.4, -0.2) is 28.8 Å². The predicted molar refractivity (Wildman–Crippen MR) is 105 cm³/mol. The van der Waals surface area contributed by atoms with Crippen molar-refractivity contribution < 1.29 is 13.2 Å². The van der Waals surface area contributed by atoms with Crippen molar-refractivity contribution in [2.45, 2.75) is 31.3 Å². The van der Waals surface area contributed by atoms with Crippen molar-refractivity contribution in [1.29, 1.82) is 0 Å². The van der Waals surface area contributed by atoms with Gasteiger partial charge in [-0.15, -0.1) is 0 Å². The Labute approximate surface area is 163 Å². The highest BCUT2D eigenvalue weighted by Gasteiger charge is 2.35. The van der Waals surface area contributed by atoms with E-state index in [1.807, 2.05) is 36.4 Å². The van der Waals surface area contributed by atoms with Crippen LogP contribution in [-0.2, 0) is 34.3 Å². The summed E-state index contributed by atoms with van der Waals surface area (Å²) in [5.74, 6) is 0.274. The average molecular weight is 396 g/mol. The zero-order chi connectivity index (χ0) is 19.7. The largest absolute Gasteiger partial charge is 0.311 e. The van der Waals surface area contributed by atoms with Gasteiger partial charge in [-0.25, -0.2) is 8.42 Å². The van der Waals surface area contributed by atoms with Gasteiger partial charge in [0, 0.05) is 12.1 Å². The molecule has 8 heteroatoms. The predicted octanol–water partition coefficient (Wildman–Crippen LogP) is 2.60. The molecule has 0 saturated heterocycles. The number of amides is 1. The number of carbonyl (C=O) groups is 1. The third-order valence-electron chi connectivity index (χ3n) is 4.80. The summed E-state index contributed by atoms with van der Waals surface area (Å²) in [6.45, 7) is 2.12. The Morgan fingerprint density at radius 2 is 1.82 bits per heavy atom. The number of carbonyl (C=O) groups excluding carboxylic acids is 1. The number of fused-ring (bicyclic) bond motifs is 1. The maximum Gasteiger partial charge on any atom is 0.244 e. The molecule has 1 aromatic heterocycles. The van der Waals surface area contributed by atoms with Crippen LogP contribution in [0.25, 0.3) is 0 Å². The normalized spacial score (nSPS) is 14.0. The van der Waals surface area contributed by atoms with E-state index in [9.17, 15) is 13.2 Å². The molecule has 0 radical (unpaired) electrons. The second kappa shape index (κ2) is 7.21. The lowest BCUT2D eigenvalue weighted by atomic mass is 10.1. The van der Waals surface area contributed by atoms with Gasteiger partial charge < -0.3 is 5.32 Å². The maximum absolute atomic E-state index is 13.0. The molecule has 0 aliphatic carbocycles. The van der Waals surface area contributed by atoms with Gasteiger partial charge in [0.25, 0.3) is 0 Å². The molecule has 0 saturated carbocycles. The van der Waals surface area contributed by atoms with E-state index in [2.05, 4.69) is 15.5 Å². The van der Waals surface area contributed by atoms with Crippen LogP contribution in [0.5, 0.6) is 0 Å². The zero-order valence-corrected chi connectivity index (χ0v) is 16.2. The number of nitrogens with one attached hydrogen (secondary N) is 2. The molecule has 1 amide bonds. The number of hydrogen-bond donors (Lipinski definition) is 2. The lowest BCUT2D eigenvalue weighted by Crippen LogP contribution is -2.27. The molecule has 2 aromatic carbocycles. The summed E-state index contributed by atoms with van der Waals surface area (Å²) in [4.78, 5) is 12.6. The summed E-state index contributed by atoms with van der Waals surface area (Å²) in [5.41, 5.74) is 2.94. The quantitative estimate of drug-likeness (QED) is 0.693. The fourth-order valence-electron chi connectivity index (χ4n) is 3.33. The number of aromatic nitrogens is 2. The fourth-order valence-corrected chi connectivity index (χ4v) is 4.92. The molecule has 4 rings (SSSR count). The topological polar surface area (TPSA) is 95.2 Å². The number of sulfonamides is 1. The summed E-state index contributed by atoms with van der Waals surface area (Å²) in [6.07, 6.45) is 0.236. The van der Waals surface area contributed by atoms with Crippen LogP contribution in [0, 0.1) is 6.92 Å². The molecular formula is C20H20N4O3S. The Bertz CT molecular complexity index is 1120. The van der Waals surface area contributed by atoms with E-state index in [1.165, 1.54) is 4.31 Å². The van der Waals surface area contributed by atoms with Crippen molar-refractivity contribution in [3.05, 3.63) is 77.0 Å². The number of H-pyrrole nitrogens is 1. The highest BCUT2D eigenvalue weighted by molar-refractivity contribution is 7.89. The molecule has 2 N–H and O–H groups in total. The summed E-state index contributed by atoms with van der Waals surface area (Å²) in [7, 11) is -3.63. The Balaban J connectivity index is 1.50. The molecule has 0 spiro atoms. The minimum atomic E-state index is -3.63. The molecule has 3 aromatic rings. The third kappa shape index (κ3) is 3.44. The van der Waals surface area contributed by atoms with Gasteiger partial charge in [0.15, 0.2) is 0 Å². The van der Waals surface area contributed by atoms with Crippen molar-refractivity contribution in [3.63, 3.8) is 0 Å². The van der Waals surface area contributed by atoms with Gasteiger partial charge in [0.1, 0.15) is 5.82 Å². The van der Waals surface area contributed by atoms with Crippen LogP contribution in [0.1, 0.15) is 22.4 Å². The maximum atomic E-state index is 13.0. The summed E-state index contributed by atoms with van der Waals surface area (Å²) in [6, 6.07) is 16.3. The van der Waals surface area contributed by atoms with Crippen molar-refractivity contribution in [2.24, 2.45) is 0 Å². The number of nitrogens with zero attached hydrogens (tertiary/aromatic N) is 2. The molecule has 1 aliphatic rings. The first-order valence-electron chi connectivity index (χ1n) is 8.91. The fraction of sp³-hybridized carbons (Fsp3) is 0.200. The van der Waals surface area contributed by atoms with Crippen LogP contribution >= 0.6 is 0 Å². The highest BCUT2D eigenvalue weighted by atomic mass is 32.2. The van der Waals surface area contributed by atoms with E-state index in [-0.39, 0.29) is 25.4 Å². The van der Waals surface area contributed by atoms with E-state index in [4.69, 9.17) is 0 Å². The molecule has 144 valence electrons. The van der Waals surface area contributed by atoms with E-state index in [0.29, 0.717) is 27.5 Å². The van der Waals surface area contributed by atoms with Gasteiger partial charge in [-0.2, -0.15) is 9.40 Å². The molecule has 28 heavy (non-hydrogen) atoms. The molecule has 0 fully saturated rings. The SMILES string of the molecule is Cc1ccccc1S(=O)(=O)N1Cc2n[nH]c(NC(=O)Cc3ccccc3)c2C1. The number of anilines is 1. The Morgan fingerprint density at radius 1 is 1.11 bits per heavy atom. The smallest absolute Gasteiger partial charge is 0.244 e. The zero-order valence-electron chi connectivity index (χ0n) is 15.3. The first-order valence-corrected chi connectivity index (χ1v) is 10.3. The molecule has 0 atom stereocenters. The second-order valence-electron chi connectivity index (χ2n) is 6.77. The number of rotatable bonds is 5. The minimum Gasteiger partial charge on any atom is -0.311 e. The standard InChI is InChI=1S/C20H20N4O3S/c1-14-7-5-6-10-18(14)28(26,27)24-12-16-17(13-24)22-23-20(16)21-19(25)11-15-8-3-2-4-9-15/h2-10H,11-13H2,1H3,(H2,21,22,23,25). The van der Waals surface area contributed by atoms with Gasteiger partial charge in [-0.1, -0.05) is 48.5 Å². The molecular weight excluding hydrogens is 376 g/mol. The second-order valence-corrected chi connectivity index (χ2v) is 8.68. The van der Waals surface area contributed by atoms with Gasteiger partial charge >= 0.3 is 0 Å². The molecule has 0 bridgehead atoms. The van der Waals surface area contributed by atoms with E-state index in [1.54, 1.807) is 25.1 Å². The summed E-state index contributed by atoms with van der Waals surface area (Å²) < 4.78 is 27.4. The Kier molecular flexibility index (Phi) is 4.74. The lowest BCUT2D eigenvalue weighted by Gasteiger charge is -2.17. The van der Waals surface area contributed by atoms with Crippen LogP contribution in [0.4, 0.5) is 5.82 Å². The van der Waals surface area contributed by atoms with E-state index < -0.39 is 10.0 Å². The average Bonchev–Trinajstić information content (AvgIpc) is 3.25. The Hall–Kier alpha value is -2.97. The van der Waals surface area contributed by atoms with Crippen LogP contribution in [0.15, 0.2) is 59.5 Å². The number of aromatic amines is 1. The first-order chi connectivity index (χ1) is 13.4. The minimum absolute atomic E-state index is 0.170. The van der Waals surface area contributed by atoms with Gasteiger partial charge in [0.2, 0.25) is 15.9 Å². The van der Waals surface area contributed by atoms with Crippen LogP contribution in [0.2, 0.25) is 0 Å². The first kappa shape index (κ1) is 18.4. The van der Waals surface area contributed by atoms with Crippen LogP contribution < -0.4 is 5.32 Å². The van der Waals surface area contributed by atoms with Gasteiger partial charge in [-0.3, -0.25) is 9.89 Å². The van der Waals surface area contributed by atoms with Gasteiger partial charge in [-0.05, 0) is 24.1 Å². The number of aryl methyl sites for hydroxylation is 1. The van der Waals surface area contributed by atoms with E-state index >= 15 is 0 Å². The molecule has 2 heterocycles. The van der Waals surface area contributed by atoms with Crippen molar-refractivity contribution in [3.8, 4) is 0 Å². The monoisotopic (exact) mass is 396 g/mol. The lowest BCUT2D eigenvalue weighted by molar-refractivity contribution is -0.115. The number of hydrogen-bond acceptors (Lipinski definition) is 4. The van der Waals surface area contributed by atoms with Gasteiger partial charge in [0.05, 0.1) is 23.6 Å². The summed E-state index contributed by atoms with van der Waals surface area (Å²) in [5, 5.41) is 9.82. The summed E-state index contributed by atoms with van der Waals surface area (Å²) >= 11 is 0.